The molecule has 0 unspecified atom stereocenters. The van der Waals surface area contributed by atoms with E-state index in [0.717, 1.165) is 31.4 Å². The smallest absolute Gasteiger partial charge is 0.331 e. The van der Waals surface area contributed by atoms with Crippen molar-refractivity contribution in [3.8, 4) is 0 Å². The zero-order valence-electron chi connectivity index (χ0n) is 16.5. The van der Waals surface area contributed by atoms with Gasteiger partial charge in [-0.2, -0.15) is 4.31 Å². The summed E-state index contributed by atoms with van der Waals surface area (Å²) in [6.07, 6.45) is 4.57. The molecule has 1 aromatic carbocycles. The first-order valence-electron chi connectivity index (χ1n) is 9.95. The van der Waals surface area contributed by atoms with E-state index >= 15 is 0 Å². The Morgan fingerprint density at radius 1 is 1.10 bits per heavy atom. The Labute approximate surface area is 170 Å². The van der Waals surface area contributed by atoms with Gasteiger partial charge in [-0.25, -0.2) is 17.6 Å². The lowest BCUT2D eigenvalue weighted by molar-refractivity contribution is -0.153. The second kappa shape index (κ2) is 8.79. The quantitative estimate of drug-likeness (QED) is 0.729. The Balaban J connectivity index is 1.63. The second-order valence-electron chi connectivity index (χ2n) is 7.76. The fourth-order valence-electron chi connectivity index (χ4n) is 4.18. The molecule has 1 heterocycles. The van der Waals surface area contributed by atoms with Crippen LogP contribution in [0.15, 0.2) is 29.2 Å². The van der Waals surface area contributed by atoms with Crippen molar-refractivity contribution in [3.05, 3.63) is 30.1 Å². The van der Waals surface area contributed by atoms with Gasteiger partial charge in [-0.3, -0.25) is 4.79 Å². The van der Waals surface area contributed by atoms with Gasteiger partial charge in [-0.05, 0) is 49.9 Å². The van der Waals surface area contributed by atoms with Crippen molar-refractivity contribution in [3.63, 3.8) is 0 Å². The normalized spacial score (nSPS) is 20.8. The Kier molecular flexibility index (Phi) is 6.58. The predicted molar refractivity (Wildman–Crippen MR) is 104 cm³/mol. The molecule has 0 bridgehead atoms. The number of hydrogen-bond acceptors (Lipinski definition) is 5. The molecule has 29 heavy (non-hydrogen) atoms. The third-order valence-electron chi connectivity index (χ3n) is 5.92. The lowest BCUT2D eigenvalue weighted by Crippen LogP contribution is -2.58. The van der Waals surface area contributed by atoms with Gasteiger partial charge in [-0.15, -0.1) is 0 Å². The number of nitrogens with zero attached hydrogens (tertiary/aromatic N) is 1. The van der Waals surface area contributed by atoms with Crippen LogP contribution in [-0.4, -0.2) is 50.3 Å². The van der Waals surface area contributed by atoms with Crippen LogP contribution in [0.25, 0.3) is 0 Å². The summed E-state index contributed by atoms with van der Waals surface area (Å²) >= 11 is 0. The standard InChI is InChI=1S/C20H27FN2O5S/c1-28-19(25)20(11-3-2-4-12-20)22-18(24)15-9-13-23(14-10-15)29(26,27)17-7-5-16(21)6-8-17/h5-8,15H,2-4,9-14H2,1H3,(H,22,24). The van der Waals surface area contributed by atoms with Crippen molar-refractivity contribution in [1.82, 2.24) is 9.62 Å². The van der Waals surface area contributed by atoms with Gasteiger partial charge < -0.3 is 10.1 Å². The number of nitrogens with one attached hydrogen (secondary N) is 1. The van der Waals surface area contributed by atoms with Crippen LogP contribution in [-0.2, 0) is 24.3 Å². The predicted octanol–water partition coefficient (Wildman–Crippen LogP) is 2.22. The molecular weight excluding hydrogens is 399 g/mol. The summed E-state index contributed by atoms with van der Waals surface area (Å²) in [4.78, 5) is 25.2. The van der Waals surface area contributed by atoms with Crippen molar-refractivity contribution in [2.75, 3.05) is 20.2 Å². The average Bonchev–Trinajstić information content (AvgIpc) is 2.74. The van der Waals surface area contributed by atoms with Crippen molar-refractivity contribution in [2.24, 2.45) is 5.92 Å². The topological polar surface area (TPSA) is 92.8 Å². The monoisotopic (exact) mass is 426 g/mol. The van der Waals surface area contributed by atoms with Crippen molar-refractivity contribution in [1.29, 1.82) is 0 Å². The minimum Gasteiger partial charge on any atom is -0.467 e. The summed E-state index contributed by atoms with van der Waals surface area (Å²) in [5.74, 6) is -1.50. The zero-order chi connectivity index (χ0) is 21.1. The molecule has 1 amide bonds. The molecule has 1 aliphatic heterocycles. The maximum Gasteiger partial charge on any atom is 0.331 e. The highest BCUT2D eigenvalue weighted by Gasteiger charge is 2.43. The number of carbonyl (C=O) groups excluding carboxylic acids is 2. The molecule has 0 radical (unpaired) electrons. The van der Waals surface area contributed by atoms with Crippen LogP contribution >= 0.6 is 0 Å². The van der Waals surface area contributed by atoms with Crippen LogP contribution < -0.4 is 5.32 Å². The number of sulfonamides is 1. The van der Waals surface area contributed by atoms with E-state index in [2.05, 4.69) is 5.32 Å². The first kappa shape index (κ1) is 21.7. The van der Waals surface area contributed by atoms with Crippen molar-refractivity contribution in [2.45, 2.75) is 55.4 Å². The number of hydrogen-bond donors (Lipinski definition) is 1. The molecule has 1 saturated carbocycles. The van der Waals surface area contributed by atoms with Gasteiger partial charge in [0.2, 0.25) is 15.9 Å². The summed E-state index contributed by atoms with van der Waals surface area (Å²) < 4.78 is 44.8. The number of carbonyl (C=O) groups is 2. The van der Waals surface area contributed by atoms with Crippen LogP contribution in [0.5, 0.6) is 0 Å². The minimum absolute atomic E-state index is 0.0358. The number of piperidine rings is 1. The number of esters is 1. The van der Waals surface area contributed by atoms with E-state index in [1.54, 1.807) is 0 Å². The van der Waals surface area contributed by atoms with E-state index in [9.17, 15) is 22.4 Å². The molecule has 0 atom stereocenters. The summed E-state index contributed by atoms with van der Waals surface area (Å²) in [5.41, 5.74) is -0.971. The number of benzene rings is 1. The molecule has 0 spiro atoms. The SMILES string of the molecule is COC(=O)C1(NC(=O)C2CCN(S(=O)(=O)c3ccc(F)cc3)CC2)CCCCC1. The summed E-state index contributed by atoms with van der Waals surface area (Å²) in [6.45, 7) is 0.395. The van der Waals surface area contributed by atoms with Gasteiger partial charge in [-0.1, -0.05) is 19.3 Å². The molecule has 1 aliphatic carbocycles. The molecule has 3 rings (SSSR count). The van der Waals surface area contributed by atoms with E-state index in [0.29, 0.717) is 25.7 Å². The van der Waals surface area contributed by atoms with Crippen LogP contribution in [0.1, 0.15) is 44.9 Å². The summed E-state index contributed by atoms with van der Waals surface area (Å²) in [5, 5.41) is 2.92. The highest BCUT2D eigenvalue weighted by atomic mass is 32.2. The highest BCUT2D eigenvalue weighted by Crippen LogP contribution is 2.31. The fraction of sp³-hybridized carbons (Fsp3) is 0.600. The molecule has 1 saturated heterocycles. The maximum absolute atomic E-state index is 13.1. The average molecular weight is 427 g/mol. The van der Waals surface area contributed by atoms with E-state index in [1.807, 2.05) is 0 Å². The maximum atomic E-state index is 13.1. The van der Waals surface area contributed by atoms with Crippen molar-refractivity contribution < 1.29 is 27.1 Å². The lowest BCUT2D eigenvalue weighted by atomic mass is 9.81. The molecule has 1 N–H and O–H groups in total. The largest absolute Gasteiger partial charge is 0.467 e. The lowest BCUT2D eigenvalue weighted by Gasteiger charge is -2.37. The molecule has 1 aromatic rings. The first-order valence-corrected chi connectivity index (χ1v) is 11.4. The van der Waals surface area contributed by atoms with Gasteiger partial charge in [0.1, 0.15) is 11.4 Å². The first-order chi connectivity index (χ1) is 13.8. The highest BCUT2D eigenvalue weighted by molar-refractivity contribution is 7.89. The summed E-state index contributed by atoms with van der Waals surface area (Å²) in [6, 6.07) is 4.71. The Hall–Kier alpha value is -2.00. The van der Waals surface area contributed by atoms with Gasteiger partial charge in [0.05, 0.1) is 12.0 Å². The van der Waals surface area contributed by atoms with E-state index in [-0.39, 0.29) is 29.8 Å². The molecule has 2 fully saturated rings. The molecule has 0 aromatic heterocycles. The van der Waals surface area contributed by atoms with Crippen LogP contribution in [0.2, 0.25) is 0 Å². The summed E-state index contributed by atoms with van der Waals surface area (Å²) in [7, 11) is -2.40. The third kappa shape index (κ3) is 4.61. The zero-order valence-corrected chi connectivity index (χ0v) is 17.3. The van der Waals surface area contributed by atoms with Crippen molar-refractivity contribution >= 4 is 21.9 Å². The van der Waals surface area contributed by atoms with E-state index in [1.165, 1.54) is 23.5 Å². The van der Waals surface area contributed by atoms with Gasteiger partial charge >= 0.3 is 5.97 Å². The number of rotatable bonds is 5. The van der Waals surface area contributed by atoms with Crippen LogP contribution in [0, 0.1) is 11.7 Å². The Morgan fingerprint density at radius 3 is 2.24 bits per heavy atom. The molecule has 2 aliphatic rings. The van der Waals surface area contributed by atoms with E-state index in [4.69, 9.17) is 4.74 Å². The molecule has 9 heteroatoms. The number of halogens is 1. The minimum atomic E-state index is -3.72. The Morgan fingerprint density at radius 2 is 1.69 bits per heavy atom. The fourth-order valence-corrected chi connectivity index (χ4v) is 5.65. The molecule has 7 nitrogen and oxygen atoms in total. The third-order valence-corrected chi connectivity index (χ3v) is 7.83. The Bertz CT molecular complexity index is 842. The van der Waals surface area contributed by atoms with Gasteiger partial charge in [0, 0.05) is 19.0 Å². The van der Waals surface area contributed by atoms with Crippen LogP contribution in [0.3, 0.4) is 0 Å². The van der Waals surface area contributed by atoms with Gasteiger partial charge in [0.15, 0.2) is 0 Å². The molecule has 160 valence electrons. The number of amides is 1. The number of ether oxygens (including phenoxy) is 1. The van der Waals surface area contributed by atoms with Gasteiger partial charge in [0.25, 0.3) is 0 Å². The van der Waals surface area contributed by atoms with E-state index < -0.39 is 27.3 Å². The number of methoxy groups -OCH3 is 1. The molecular formula is C20H27FN2O5S. The van der Waals surface area contributed by atoms with Crippen LogP contribution in [0.4, 0.5) is 4.39 Å². The second-order valence-corrected chi connectivity index (χ2v) is 9.69.